The maximum Gasteiger partial charge on any atom is 0.318 e. The molecule has 0 spiro atoms. The average molecular weight is 255 g/mol. The highest BCUT2D eigenvalue weighted by atomic mass is 32.2. The lowest BCUT2D eigenvalue weighted by atomic mass is 10.3. The number of ether oxygens (including phenoxy) is 2. The first-order valence-electron chi connectivity index (χ1n) is 5.20. The predicted octanol–water partition coefficient (Wildman–Crippen LogP) is 0.962. The van der Waals surface area contributed by atoms with Crippen molar-refractivity contribution in [2.45, 2.75) is 10.1 Å². The molecule has 1 unspecified atom stereocenters. The van der Waals surface area contributed by atoms with E-state index in [1.807, 2.05) is 6.07 Å². The molecule has 1 aliphatic rings. The van der Waals surface area contributed by atoms with Crippen molar-refractivity contribution in [1.82, 2.24) is 0 Å². The third-order valence-electron chi connectivity index (χ3n) is 2.28. The molecule has 1 aromatic rings. The van der Waals surface area contributed by atoms with E-state index in [9.17, 15) is 4.79 Å². The van der Waals surface area contributed by atoms with E-state index >= 15 is 0 Å². The van der Waals surface area contributed by atoms with Gasteiger partial charge in [-0.2, -0.15) is 0 Å². The molecule has 0 aliphatic carbocycles. The summed E-state index contributed by atoms with van der Waals surface area (Å²) in [7, 11) is 0. The smallest absolute Gasteiger partial charge is 0.318 e. The molecule has 0 radical (unpaired) electrons. The van der Waals surface area contributed by atoms with Gasteiger partial charge < -0.3 is 20.3 Å². The van der Waals surface area contributed by atoms with Crippen LogP contribution in [0.1, 0.15) is 0 Å². The van der Waals surface area contributed by atoms with Crippen molar-refractivity contribution < 1.29 is 19.4 Å². The van der Waals surface area contributed by atoms with Crippen LogP contribution in [0, 0.1) is 0 Å². The number of nitrogens with two attached hydrogens (primary N) is 1. The second kappa shape index (κ2) is 5.29. The number of carboxylic acids is 1. The Morgan fingerprint density at radius 2 is 2.12 bits per heavy atom. The average Bonchev–Trinajstić information content (AvgIpc) is 2.35. The van der Waals surface area contributed by atoms with Crippen LogP contribution in [-0.2, 0) is 4.79 Å². The van der Waals surface area contributed by atoms with Gasteiger partial charge in [-0.15, -0.1) is 11.8 Å². The zero-order valence-electron chi connectivity index (χ0n) is 9.09. The monoisotopic (exact) mass is 255 g/mol. The molecule has 1 atom stereocenters. The number of thioether (sulfide) groups is 1. The number of carboxylic acid groups (broad SMARTS) is 1. The van der Waals surface area contributed by atoms with Gasteiger partial charge in [0.2, 0.25) is 0 Å². The number of hydrogen-bond acceptors (Lipinski definition) is 5. The molecule has 0 fully saturated rings. The zero-order chi connectivity index (χ0) is 12.3. The first-order valence-corrected chi connectivity index (χ1v) is 6.08. The summed E-state index contributed by atoms with van der Waals surface area (Å²) in [5.41, 5.74) is 5.40. The maximum absolute atomic E-state index is 10.9. The predicted molar refractivity (Wildman–Crippen MR) is 63.8 cm³/mol. The van der Waals surface area contributed by atoms with Gasteiger partial charge in [-0.1, -0.05) is 0 Å². The Bertz CT molecular complexity index is 424. The van der Waals surface area contributed by atoms with E-state index in [1.54, 1.807) is 12.1 Å². The highest BCUT2D eigenvalue weighted by Crippen LogP contribution is 2.35. The Morgan fingerprint density at radius 1 is 1.41 bits per heavy atom. The minimum absolute atomic E-state index is 0.0917. The van der Waals surface area contributed by atoms with Gasteiger partial charge >= 0.3 is 5.97 Å². The quantitative estimate of drug-likeness (QED) is 0.780. The van der Waals surface area contributed by atoms with Crippen molar-refractivity contribution in [2.75, 3.05) is 19.8 Å². The fourth-order valence-corrected chi connectivity index (χ4v) is 2.31. The van der Waals surface area contributed by atoms with Gasteiger partial charge in [0.25, 0.3) is 0 Å². The summed E-state index contributed by atoms with van der Waals surface area (Å²) >= 11 is 1.21. The van der Waals surface area contributed by atoms with Crippen LogP contribution >= 0.6 is 11.8 Å². The third-order valence-corrected chi connectivity index (χ3v) is 3.49. The van der Waals surface area contributed by atoms with E-state index in [-0.39, 0.29) is 6.54 Å². The molecule has 1 aromatic carbocycles. The maximum atomic E-state index is 10.9. The SMILES string of the molecule is NCC(Sc1ccc2c(c1)OCCO2)C(=O)O. The summed E-state index contributed by atoms with van der Waals surface area (Å²) in [5.74, 6) is 0.440. The Labute approximate surface area is 103 Å². The molecular formula is C11H13NO4S. The zero-order valence-corrected chi connectivity index (χ0v) is 9.90. The minimum atomic E-state index is -0.910. The first kappa shape index (κ1) is 12.1. The van der Waals surface area contributed by atoms with Gasteiger partial charge in [-0.05, 0) is 18.2 Å². The summed E-state index contributed by atoms with van der Waals surface area (Å²) in [5, 5.41) is 8.28. The van der Waals surface area contributed by atoms with Crippen molar-refractivity contribution in [1.29, 1.82) is 0 Å². The number of hydrogen-bond donors (Lipinski definition) is 2. The summed E-state index contributed by atoms with van der Waals surface area (Å²) in [6.45, 7) is 1.15. The number of carbonyl (C=O) groups is 1. The summed E-state index contributed by atoms with van der Waals surface area (Å²) in [6.07, 6.45) is 0. The second-order valence-electron chi connectivity index (χ2n) is 3.49. The van der Waals surface area contributed by atoms with Gasteiger partial charge in [0.15, 0.2) is 11.5 Å². The van der Waals surface area contributed by atoms with Crippen molar-refractivity contribution in [3.8, 4) is 11.5 Å². The molecule has 1 aliphatic heterocycles. The Hall–Kier alpha value is -1.40. The summed E-state index contributed by atoms with van der Waals surface area (Å²) in [6, 6.07) is 5.38. The Balaban J connectivity index is 2.14. The van der Waals surface area contributed by atoms with E-state index in [4.69, 9.17) is 20.3 Å². The number of rotatable bonds is 4. The van der Waals surface area contributed by atoms with Crippen molar-refractivity contribution in [3.63, 3.8) is 0 Å². The molecule has 2 rings (SSSR count). The van der Waals surface area contributed by atoms with Crippen molar-refractivity contribution in [3.05, 3.63) is 18.2 Å². The van der Waals surface area contributed by atoms with Crippen LogP contribution in [0.25, 0.3) is 0 Å². The molecule has 92 valence electrons. The lowest BCUT2D eigenvalue weighted by molar-refractivity contribution is -0.136. The fourth-order valence-electron chi connectivity index (χ4n) is 1.46. The van der Waals surface area contributed by atoms with E-state index in [0.717, 1.165) is 4.90 Å². The summed E-state index contributed by atoms with van der Waals surface area (Å²) in [4.78, 5) is 11.7. The lowest BCUT2D eigenvalue weighted by Crippen LogP contribution is -2.25. The first-order chi connectivity index (χ1) is 8.20. The molecule has 0 saturated heterocycles. The van der Waals surface area contributed by atoms with Gasteiger partial charge in [0, 0.05) is 11.4 Å². The Kier molecular flexibility index (Phi) is 3.75. The molecule has 0 saturated carbocycles. The van der Waals surface area contributed by atoms with Crippen LogP contribution < -0.4 is 15.2 Å². The molecule has 17 heavy (non-hydrogen) atoms. The summed E-state index contributed by atoms with van der Waals surface area (Å²) < 4.78 is 10.8. The molecule has 6 heteroatoms. The highest BCUT2D eigenvalue weighted by Gasteiger charge is 2.18. The lowest BCUT2D eigenvalue weighted by Gasteiger charge is -2.19. The molecule has 0 bridgehead atoms. The Morgan fingerprint density at radius 3 is 2.76 bits per heavy atom. The topological polar surface area (TPSA) is 81.8 Å². The largest absolute Gasteiger partial charge is 0.486 e. The molecule has 1 heterocycles. The number of benzene rings is 1. The number of aliphatic carboxylic acids is 1. The van der Waals surface area contributed by atoms with Gasteiger partial charge in [-0.3, -0.25) is 4.79 Å². The second-order valence-corrected chi connectivity index (χ2v) is 4.76. The molecule has 3 N–H and O–H groups in total. The van der Waals surface area contributed by atoms with Gasteiger partial charge in [0.1, 0.15) is 18.5 Å². The number of fused-ring (bicyclic) bond motifs is 1. The van der Waals surface area contributed by atoms with E-state index < -0.39 is 11.2 Å². The van der Waals surface area contributed by atoms with E-state index in [1.165, 1.54) is 11.8 Å². The van der Waals surface area contributed by atoms with Crippen LogP contribution in [0.2, 0.25) is 0 Å². The van der Waals surface area contributed by atoms with Crippen molar-refractivity contribution in [2.24, 2.45) is 5.73 Å². The van der Waals surface area contributed by atoms with Gasteiger partial charge in [0.05, 0.1) is 0 Å². The van der Waals surface area contributed by atoms with Crippen LogP contribution in [0.5, 0.6) is 11.5 Å². The van der Waals surface area contributed by atoms with Crippen LogP contribution in [0.3, 0.4) is 0 Å². The normalized spacial score (nSPS) is 15.4. The molecule has 0 amide bonds. The van der Waals surface area contributed by atoms with Crippen LogP contribution in [0.15, 0.2) is 23.1 Å². The molecular weight excluding hydrogens is 242 g/mol. The van der Waals surface area contributed by atoms with Crippen molar-refractivity contribution >= 4 is 17.7 Å². The fraction of sp³-hybridized carbons (Fsp3) is 0.364. The third kappa shape index (κ3) is 2.83. The van der Waals surface area contributed by atoms with Crippen LogP contribution in [0.4, 0.5) is 0 Å². The highest BCUT2D eigenvalue weighted by molar-refractivity contribution is 8.00. The van der Waals surface area contributed by atoms with E-state index in [2.05, 4.69) is 0 Å². The van der Waals surface area contributed by atoms with E-state index in [0.29, 0.717) is 24.7 Å². The molecule has 0 aromatic heterocycles. The van der Waals surface area contributed by atoms with Crippen LogP contribution in [-0.4, -0.2) is 36.1 Å². The standard InChI is InChI=1S/C11H13NO4S/c12-6-10(11(13)14)17-7-1-2-8-9(5-7)16-4-3-15-8/h1-2,5,10H,3-4,6,12H2,(H,13,14). The van der Waals surface area contributed by atoms with Gasteiger partial charge in [-0.25, -0.2) is 0 Å². The molecule has 5 nitrogen and oxygen atoms in total. The minimum Gasteiger partial charge on any atom is -0.486 e.